The first-order valence-electron chi connectivity index (χ1n) is 7.75. The van der Waals surface area contributed by atoms with Gasteiger partial charge >= 0.3 is 7.12 Å². The minimum absolute atomic E-state index is 0.0779. The molecule has 1 aromatic heterocycles. The summed E-state index contributed by atoms with van der Waals surface area (Å²) in [6.45, 7) is 1.92. The van der Waals surface area contributed by atoms with Gasteiger partial charge in [0, 0.05) is 9.49 Å². The Morgan fingerprint density at radius 3 is 2.71 bits per heavy atom. The van der Waals surface area contributed by atoms with Crippen molar-refractivity contribution in [3.8, 4) is 5.19 Å². The van der Waals surface area contributed by atoms with Crippen LogP contribution in [0.25, 0.3) is 0 Å². The van der Waals surface area contributed by atoms with Crippen molar-refractivity contribution in [3.05, 3.63) is 5.38 Å². The third-order valence-corrected chi connectivity index (χ3v) is 3.87. The summed E-state index contributed by atoms with van der Waals surface area (Å²) in [5, 5.41) is 1.53. The second-order valence-electron chi connectivity index (χ2n) is 4.83. The van der Waals surface area contributed by atoms with E-state index in [0.29, 0.717) is 5.59 Å². The highest BCUT2D eigenvalue weighted by Crippen LogP contribution is 2.36. The average Bonchev–Trinajstić information content (AvgIpc) is 2.80. The van der Waals surface area contributed by atoms with Crippen LogP contribution < -0.4 is 10.3 Å². The summed E-state index contributed by atoms with van der Waals surface area (Å²) in [7, 11) is -0.697. The van der Waals surface area contributed by atoms with E-state index in [2.05, 4.69) is 4.98 Å². The van der Waals surface area contributed by atoms with E-state index in [1.807, 2.05) is 27.7 Å². The van der Waals surface area contributed by atoms with E-state index in [-0.39, 0.29) is 5.19 Å². The molecule has 2 rings (SSSR count). The van der Waals surface area contributed by atoms with Gasteiger partial charge < -0.3 is 14.0 Å². The fraction of sp³-hybridized carbons (Fsp3) is 0.727. The molecule has 0 aromatic carbocycles. The van der Waals surface area contributed by atoms with E-state index in [9.17, 15) is 0 Å². The van der Waals surface area contributed by atoms with Crippen LogP contribution in [0.4, 0.5) is 0 Å². The standard InChI is InChI=1S/C11H18BNO3S/c1-6-14-9-13-8(7-17-9)12-15-10(2,3)11(4,5)16-12/h7H,6H2,1-5H3/i1D3,6D2. The molecule has 0 atom stereocenters. The van der Waals surface area contributed by atoms with Gasteiger partial charge in [-0.05, 0) is 34.5 Å². The maximum Gasteiger partial charge on any atom is 0.515 e. The first kappa shape index (κ1) is 7.76. The Hall–Kier alpha value is -0.585. The Balaban J connectivity index is 2.14. The van der Waals surface area contributed by atoms with E-state index in [4.69, 9.17) is 20.9 Å². The Bertz CT molecular complexity index is 544. The predicted octanol–water partition coefficient (Wildman–Crippen LogP) is 1.84. The van der Waals surface area contributed by atoms with Crippen LogP contribution in [0.2, 0.25) is 0 Å². The zero-order valence-electron chi connectivity index (χ0n) is 15.2. The molecular formula is C11H18BNO3S. The van der Waals surface area contributed by atoms with Gasteiger partial charge in [0.2, 0.25) is 0 Å². The molecule has 0 spiro atoms. The van der Waals surface area contributed by atoms with Gasteiger partial charge in [0.15, 0.2) is 0 Å². The zero-order chi connectivity index (χ0) is 17.0. The summed E-state index contributed by atoms with van der Waals surface area (Å²) in [4.78, 5) is 4.08. The minimum Gasteiger partial charge on any atom is -0.470 e. The van der Waals surface area contributed by atoms with E-state index in [1.54, 1.807) is 5.38 Å². The summed E-state index contributed by atoms with van der Waals surface area (Å²) >= 11 is 0.996. The molecule has 1 aromatic rings. The third-order valence-electron chi connectivity index (χ3n) is 3.13. The minimum atomic E-state index is -2.90. The monoisotopic (exact) mass is 260 g/mol. The number of rotatable bonds is 3. The molecule has 0 amide bonds. The highest BCUT2D eigenvalue weighted by molar-refractivity contribution is 7.12. The smallest absolute Gasteiger partial charge is 0.470 e. The highest BCUT2D eigenvalue weighted by Gasteiger charge is 2.52. The van der Waals surface area contributed by atoms with Crippen molar-refractivity contribution in [1.82, 2.24) is 4.98 Å². The summed E-state index contributed by atoms with van der Waals surface area (Å²) in [6.07, 6.45) is 0. The lowest BCUT2D eigenvalue weighted by molar-refractivity contribution is 0.00578. The summed E-state index contributed by atoms with van der Waals surface area (Å²) in [5.41, 5.74) is -0.606. The van der Waals surface area contributed by atoms with Crippen LogP contribution in [-0.2, 0) is 9.31 Å². The number of nitrogens with zero attached hydrogens (tertiary/aromatic N) is 1. The van der Waals surface area contributed by atoms with Crippen molar-refractivity contribution in [1.29, 1.82) is 0 Å². The van der Waals surface area contributed by atoms with Gasteiger partial charge in [0.05, 0.1) is 26.1 Å². The van der Waals surface area contributed by atoms with Crippen LogP contribution in [-0.4, -0.2) is 29.9 Å². The van der Waals surface area contributed by atoms with Crippen LogP contribution in [0.5, 0.6) is 5.19 Å². The Morgan fingerprint density at radius 2 is 2.12 bits per heavy atom. The molecule has 6 heteroatoms. The molecule has 1 fully saturated rings. The maximum atomic E-state index is 7.45. The molecule has 0 bridgehead atoms. The van der Waals surface area contributed by atoms with Gasteiger partial charge in [-0.3, -0.25) is 0 Å². The van der Waals surface area contributed by atoms with Gasteiger partial charge in [-0.15, -0.1) is 0 Å². The molecule has 1 aliphatic rings. The van der Waals surface area contributed by atoms with Crippen LogP contribution in [0.15, 0.2) is 5.38 Å². The first-order chi connectivity index (χ1) is 9.75. The molecule has 0 N–H and O–H groups in total. The number of aromatic nitrogens is 1. The fourth-order valence-electron chi connectivity index (χ4n) is 1.43. The normalized spacial score (nSPS) is 27.8. The molecule has 0 unspecified atom stereocenters. The molecule has 17 heavy (non-hydrogen) atoms. The molecule has 0 saturated carbocycles. The molecule has 4 nitrogen and oxygen atoms in total. The lowest BCUT2D eigenvalue weighted by Gasteiger charge is -2.32. The molecule has 1 aliphatic heterocycles. The van der Waals surface area contributed by atoms with Gasteiger partial charge in [-0.2, -0.15) is 0 Å². The van der Waals surface area contributed by atoms with Gasteiger partial charge in [0.25, 0.3) is 5.19 Å². The summed E-state index contributed by atoms with van der Waals surface area (Å²) in [5.74, 6) is 0. The van der Waals surface area contributed by atoms with Crippen molar-refractivity contribution in [3.63, 3.8) is 0 Å². The second kappa shape index (κ2) is 4.26. The Kier molecular flexibility index (Phi) is 1.95. The Morgan fingerprint density at radius 1 is 1.47 bits per heavy atom. The van der Waals surface area contributed by atoms with E-state index in [1.165, 1.54) is 0 Å². The van der Waals surface area contributed by atoms with E-state index < -0.39 is 31.7 Å². The summed E-state index contributed by atoms with van der Waals surface area (Å²) < 4.78 is 52.8. The summed E-state index contributed by atoms with van der Waals surface area (Å²) in [6, 6.07) is 0. The zero-order valence-corrected chi connectivity index (χ0v) is 11.1. The van der Waals surface area contributed by atoms with Crippen molar-refractivity contribution in [2.24, 2.45) is 0 Å². The van der Waals surface area contributed by atoms with Crippen molar-refractivity contribution in [2.45, 2.75) is 45.7 Å². The molecule has 0 aliphatic carbocycles. The van der Waals surface area contributed by atoms with Gasteiger partial charge in [-0.25, -0.2) is 4.98 Å². The van der Waals surface area contributed by atoms with Crippen LogP contribution in [0.3, 0.4) is 0 Å². The predicted molar refractivity (Wildman–Crippen MR) is 69.0 cm³/mol. The van der Waals surface area contributed by atoms with Crippen molar-refractivity contribution >= 4 is 24.0 Å². The van der Waals surface area contributed by atoms with Crippen LogP contribution in [0, 0.1) is 0 Å². The largest absolute Gasteiger partial charge is 0.515 e. The lowest BCUT2D eigenvalue weighted by Crippen LogP contribution is -2.41. The third kappa shape index (κ3) is 2.34. The van der Waals surface area contributed by atoms with Crippen LogP contribution in [0.1, 0.15) is 41.4 Å². The molecule has 0 radical (unpaired) electrons. The number of ether oxygens (including phenoxy) is 1. The average molecular weight is 260 g/mol. The number of hydrogen-bond donors (Lipinski definition) is 0. The fourth-order valence-corrected chi connectivity index (χ4v) is 2.06. The quantitative estimate of drug-likeness (QED) is 0.777. The maximum absolute atomic E-state index is 7.45. The van der Waals surface area contributed by atoms with Gasteiger partial charge in [0.1, 0.15) is 0 Å². The van der Waals surface area contributed by atoms with Crippen molar-refractivity contribution < 1.29 is 20.9 Å². The van der Waals surface area contributed by atoms with Crippen LogP contribution >= 0.6 is 11.3 Å². The Labute approximate surface area is 113 Å². The van der Waals surface area contributed by atoms with E-state index >= 15 is 0 Å². The van der Waals surface area contributed by atoms with E-state index in [0.717, 1.165) is 11.3 Å². The number of hydrogen-bond acceptors (Lipinski definition) is 5. The van der Waals surface area contributed by atoms with Crippen molar-refractivity contribution in [2.75, 3.05) is 6.56 Å². The molecule has 2 heterocycles. The number of thiazole rings is 1. The SMILES string of the molecule is [2H]C([2H])([2H])C([2H])([2H])Oc1nc(B2OC(C)(C)C(C)(C)O2)cs1. The topological polar surface area (TPSA) is 40.6 Å². The van der Waals surface area contributed by atoms with Gasteiger partial charge in [-0.1, -0.05) is 11.3 Å². The first-order valence-corrected chi connectivity index (χ1v) is 6.13. The highest BCUT2D eigenvalue weighted by atomic mass is 32.1. The molecular weight excluding hydrogens is 237 g/mol. The lowest BCUT2D eigenvalue weighted by atomic mass is 9.86. The second-order valence-corrected chi connectivity index (χ2v) is 5.65. The molecule has 94 valence electrons. The molecule has 1 saturated heterocycles.